The SMILES string of the molecule is CCOC(=O)C1=C(C)N=C2SC=C(CC(=O)NCC3CCCO3)N2C1c1ccccc1F. The number of ether oxygens (including phenoxy) is 2. The van der Waals surface area contributed by atoms with Gasteiger partial charge in [0.1, 0.15) is 5.82 Å². The highest BCUT2D eigenvalue weighted by atomic mass is 32.2. The third-order valence-corrected chi connectivity index (χ3v) is 6.48. The molecule has 3 aliphatic rings. The third kappa shape index (κ3) is 4.59. The summed E-state index contributed by atoms with van der Waals surface area (Å²) in [6.07, 6.45) is 2.07. The molecule has 1 amide bonds. The van der Waals surface area contributed by atoms with Gasteiger partial charge in [-0.25, -0.2) is 14.2 Å². The lowest BCUT2D eigenvalue weighted by molar-refractivity contribution is -0.139. The first-order valence-electron chi connectivity index (χ1n) is 10.7. The zero-order valence-corrected chi connectivity index (χ0v) is 18.9. The van der Waals surface area contributed by atoms with Crippen molar-refractivity contribution in [2.24, 2.45) is 4.99 Å². The van der Waals surface area contributed by atoms with Crippen LogP contribution in [0, 0.1) is 5.82 Å². The quantitative estimate of drug-likeness (QED) is 0.627. The van der Waals surface area contributed by atoms with Gasteiger partial charge in [-0.3, -0.25) is 4.79 Å². The summed E-state index contributed by atoms with van der Waals surface area (Å²) < 4.78 is 25.7. The van der Waals surface area contributed by atoms with Gasteiger partial charge >= 0.3 is 5.97 Å². The summed E-state index contributed by atoms with van der Waals surface area (Å²) in [5.41, 5.74) is 1.73. The Hall–Kier alpha value is -2.65. The fourth-order valence-electron chi connectivity index (χ4n) is 4.09. The van der Waals surface area contributed by atoms with Crippen molar-refractivity contribution in [3.63, 3.8) is 0 Å². The molecule has 9 heteroatoms. The molecule has 1 N–H and O–H groups in total. The van der Waals surface area contributed by atoms with E-state index in [4.69, 9.17) is 9.47 Å². The minimum atomic E-state index is -0.769. The lowest BCUT2D eigenvalue weighted by Gasteiger charge is -2.36. The number of benzene rings is 1. The van der Waals surface area contributed by atoms with E-state index in [1.807, 2.05) is 5.41 Å². The lowest BCUT2D eigenvalue weighted by atomic mass is 9.93. The van der Waals surface area contributed by atoms with Crippen molar-refractivity contribution in [2.75, 3.05) is 19.8 Å². The van der Waals surface area contributed by atoms with Crippen LogP contribution < -0.4 is 5.32 Å². The molecule has 2 unspecified atom stereocenters. The van der Waals surface area contributed by atoms with Gasteiger partial charge in [0.05, 0.1) is 36.4 Å². The largest absolute Gasteiger partial charge is 0.463 e. The Balaban J connectivity index is 1.61. The molecule has 0 spiro atoms. The molecule has 1 fully saturated rings. The van der Waals surface area contributed by atoms with E-state index in [0.29, 0.717) is 28.7 Å². The molecular weight excluding hydrogens is 433 g/mol. The van der Waals surface area contributed by atoms with E-state index in [2.05, 4.69) is 10.3 Å². The molecule has 1 aromatic rings. The molecule has 2 atom stereocenters. The maximum atomic E-state index is 14.9. The highest BCUT2D eigenvalue weighted by molar-refractivity contribution is 8.16. The molecule has 4 rings (SSSR count). The summed E-state index contributed by atoms with van der Waals surface area (Å²) in [5, 5.41) is 5.35. The number of esters is 1. The Morgan fingerprint density at radius 2 is 2.19 bits per heavy atom. The van der Waals surface area contributed by atoms with Gasteiger partial charge in [-0.1, -0.05) is 30.0 Å². The number of amidine groups is 1. The van der Waals surface area contributed by atoms with Crippen LogP contribution in [0.5, 0.6) is 0 Å². The summed E-state index contributed by atoms with van der Waals surface area (Å²) in [6, 6.07) is 5.57. The predicted molar refractivity (Wildman–Crippen MR) is 120 cm³/mol. The number of aliphatic imine (C=N–C) groups is 1. The number of carbonyl (C=O) groups excluding carboxylic acids is 2. The van der Waals surface area contributed by atoms with Crippen LogP contribution in [0.4, 0.5) is 4.39 Å². The number of halogens is 1. The number of fused-ring (bicyclic) bond motifs is 1. The maximum Gasteiger partial charge on any atom is 0.338 e. The average molecular weight is 460 g/mol. The van der Waals surface area contributed by atoms with Crippen LogP contribution >= 0.6 is 11.8 Å². The Labute approximate surface area is 190 Å². The number of carbonyl (C=O) groups is 2. The van der Waals surface area contributed by atoms with Gasteiger partial charge in [-0.15, -0.1) is 0 Å². The van der Waals surface area contributed by atoms with Gasteiger partial charge in [-0.05, 0) is 38.2 Å². The molecule has 170 valence electrons. The van der Waals surface area contributed by atoms with Crippen LogP contribution in [-0.4, -0.2) is 47.8 Å². The van der Waals surface area contributed by atoms with Crippen molar-refractivity contribution in [3.05, 3.63) is 58.0 Å². The number of hydrogen-bond donors (Lipinski definition) is 1. The standard InChI is InChI=1S/C23H26FN3O4S/c1-3-30-22(29)20-14(2)26-23-27(21(20)17-8-4-5-9-18(17)24)15(13-32-23)11-19(28)25-12-16-7-6-10-31-16/h4-5,8-9,13,16,21H,3,6-7,10-12H2,1-2H3,(H,25,28). The number of thioether (sulfide) groups is 1. The Bertz CT molecular complexity index is 1000. The Morgan fingerprint density at radius 3 is 2.91 bits per heavy atom. The van der Waals surface area contributed by atoms with Crippen molar-refractivity contribution >= 4 is 28.8 Å². The van der Waals surface area contributed by atoms with Crippen LogP contribution in [0.15, 0.2) is 51.6 Å². The summed E-state index contributed by atoms with van der Waals surface area (Å²) in [5.74, 6) is -1.14. The molecule has 3 heterocycles. The highest BCUT2D eigenvalue weighted by Gasteiger charge is 2.42. The average Bonchev–Trinajstić information content (AvgIpc) is 3.42. The van der Waals surface area contributed by atoms with E-state index in [0.717, 1.165) is 19.4 Å². The van der Waals surface area contributed by atoms with E-state index in [-0.39, 0.29) is 30.6 Å². The zero-order chi connectivity index (χ0) is 22.7. The second-order valence-electron chi connectivity index (χ2n) is 7.75. The van der Waals surface area contributed by atoms with E-state index >= 15 is 0 Å². The first-order valence-corrected chi connectivity index (χ1v) is 11.6. The third-order valence-electron chi connectivity index (χ3n) is 5.59. The van der Waals surface area contributed by atoms with Crippen molar-refractivity contribution < 1.29 is 23.5 Å². The first-order chi connectivity index (χ1) is 15.5. The van der Waals surface area contributed by atoms with Gasteiger partial charge in [-0.2, -0.15) is 0 Å². The summed E-state index contributed by atoms with van der Waals surface area (Å²) in [6.45, 7) is 4.82. The van der Waals surface area contributed by atoms with Crippen LogP contribution in [0.25, 0.3) is 0 Å². The fourth-order valence-corrected chi connectivity index (χ4v) is 5.05. The van der Waals surface area contributed by atoms with Gasteiger partial charge in [0.15, 0.2) is 5.17 Å². The van der Waals surface area contributed by atoms with E-state index < -0.39 is 17.8 Å². The van der Waals surface area contributed by atoms with Crippen molar-refractivity contribution in [1.29, 1.82) is 0 Å². The van der Waals surface area contributed by atoms with E-state index in [1.165, 1.54) is 17.8 Å². The lowest BCUT2D eigenvalue weighted by Crippen LogP contribution is -2.39. The molecule has 0 aliphatic carbocycles. The molecule has 0 radical (unpaired) electrons. The Kier molecular flexibility index (Phi) is 6.95. The summed E-state index contributed by atoms with van der Waals surface area (Å²) >= 11 is 1.36. The van der Waals surface area contributed by atoms with Crippen molar-refractivity contribution in [1.82, 2.24) is 10.2 Å². The van der Waals surface area contributed by atoms with Gasteiger partial charge in [0.25, 0.3) is 0 Å². The van der Waals surface area contributed by atoms with Crippen LogP contribution in [0.1, 0.15) is 44.7 Å². The second kappa shape index (κ2) is 9.87. The Morgan fingerprint density at radius 1 is 1.38 bits per heavy atom. The molecule has 0 aromatic heterocycles. The maximum absolute atomic E-state index is 14.9. The minimum absolute atomic E-state index is 0.0464. The molecule has 3 aliphatic heterocycles. The number of nitrogens with zero attached hydrogens (tertiary/aromatic N) is 2. The number of allylic oxidation sites excluding steroid dienone is 1. The van der Waals surface area contributed by atoms with Gasteiger partial charge in [0.2, 0.25) is 5.91 Å². The van der Waals surface area contributed by atoms with Crippen LogP contribution in [-0.2, 0) is 19.1 Å². The number of rotatable bonds is 7. The predicted octanol–water partition coefficient (Wildman–Crippen LogP) is 3.65. The van der Waals surface area contributed by atoms with E-state index in [9.17, 15) is 14.0 Å². The molecule has 32 heavy (non-hydrogen) atoms. The van der Waals surface area contributed by atoms with E-state index in [1.54, 1.807) is 36.9 Å². The molecule has 1 saturated heterocycles. The monoisotopic (exact) mass is 459 g/mol. The molecule has 0 bridgehead atoms. The molecule has 0 saturated carbocycles. The van der Waals surface area contributed by atoms with Gasteiger partial charge in [0, 0.05) is 24.4 Å². The molecule has 1 aromatic carbocycles. The molecular formula is C23H26FN3O4S. The first kappa shape index (κ1) is 22.5. The second-order valence-corrected chi connectivity index (χ2v) is 8.59. The van der Waals surface area contributed by atoms with Crippen molar-refractivity contribution in [2.45, 2.75) is 45.3 Å². The topological polar surface area (TPSA) is 80.2 Å². The summed E-state index contributed by atoms with van der Waals surface area (Å²) in [7, 11) is 0. The van der Waals surface area contributed by atoms with Crippen molar-refractivity contribution in [3.8, 4) is 0 Å². The number of nitrogens with one attached hydrogen (secondary N) is 1. The zero-order valence-electron chi connectivity index (χ0n) is 18.1. The smallest absolute Gasteiger partial charge is 0.338 e. The number of amides is 1. The fraction of sp³-hybridized carbons (Fsp3) is 0.435. The van der Waals surface area contributed by atoms with Gasteiger partial charge < -0.3 is 19.7 Å². The summed E-state index contributed by atoms with van der Waals surface area (Å²) in [4.78, 5) is 31.8. The normalized spacial score (nSPS) is 22.4. The van der Waals surface area contributed by atoms with Crippen LogP contribution in [0.2, 0.25) is 0 Å². The number of hydrogen-bond acceptors (Lipinski definition) is 7. The van der Waals surface area contributed by atoms with Crippen LogP contribution in [0.3, 0.4) is 0 Å². The highest BCUT2D eigenvalue weighted by Crippen LogP contribution is 2.45. The minimum Gasteiger partial charge on any atom is -0.463 e. The molecule has 7 nitrogen and oxygen atoms in total.